The molecule has 1 fully saturated rings. The minimum atomic E-state index is -0.321. The molecule has 114 valence electrons. The Hall–Kier alpha value is -2.11. The number of nitrogens with zero attached hydrogens (tertiary/aromatic N) is 3. The lowest BCUT2D eigenvalue weighted by atomic mass is 10.2. The maximum absolute atomic E-state index is 11.1. The van der Waals surface area contributed by atoms with E-state index >= 15 is 0 Å². The first-order valence-electron chi connectivity index (χ1n) is 7.15. The highest BCUT2D eigenvalue weighted by molar-refractivity contribution is 6.30. The average Bonchev–Trinajstić information content (AvgIpc) is 2.96. The highest BCUT2D eigenvalue weighted by Gasteiger charge is 2.25. The van der Waals surface area contributed by atoms with Crippen LogP contribution in [-0.4, -0.2) is 23.0 Å². The third kappa shape index (κ3) is 3.05. The molecule has 1 aliphatic heterocycles. The number of hydrogen-bond acceptors (Lipinski definition) is 4. The van der Waals surface area contributed by atoms with Gasteiger partial charge in [0.2, 0.25) is 0 Å². The summed E-state index contributed by atoms with van der Waals surface area (Å²) in [4.78, 5) is 10.8. The molecule has 1 saturated heterocycles. The molecule has 6 heteroatoms. The second-order valence-electron chi connectivity index (χ2n) is 5.23. The van der Waals surface area contributed by atoms with Crippen LogP contribution in [0.1, 0.15) is 12.0 Å². The summed E-state index contributed by atoms with van der Waals surface area (Å²) in [6.45, 7) is 2.32. The summed E-state index contributed by atoms with van der Waals surface area (Å²) in [6, 6.07) is 14.6. The number of halogens is 1. The number of para-hydroxylation sites is 1. The summed E-state index contributed by atoms with van der Waals surface area (Å²) in [6.07, 6.45) is 1.03. The molecule has 1 aliphatic rings. The van der Waals surface area contributed by atoms with E-state index in [1.54, 1.807) is 12.1 Å². The minimum Gasteiger partial charge on any atom is -0.305 e. The van der Waals surface area contributed by atoms with E-state index in [0.717, 1.165) is 30.8 Å². The van der Waals surface area contributed by atoms with Crippen LogP contribution < -0.4 is 5.01 Å². The van der Waals surface area contributed by atoms with E-state index in [1.165, 1.54) is 0 Å². The van der Waals surface area contributed by atoms with Crippen molar-refractivity contribution in [2.24, 2.45) is 0 Å². The first-order valence-corrected chi connectivity index (χ1v) is 7.53. The maximum atomic E-state index is 11.1. The fraction of sp³-hybridized carbons (Fsp3) is 0.250. The van der Waals surface area contributed by atoms with E-state index in [2.05, 4.69) is 10.0 Å². The zero-order chi connectivity index (χ0) is 15.5. The van der Waals surface area contributed by atoms with Gasteiger partial charge in [0.1, 0.15) is 0 Å². The number of nitro groups is 1. The Morgan fingerprint density at radius 1 is 1.09 bits per heavy atom. The Kier molecular flexibility index (Phi) is 4.27. The van der Waals surface area contributed by atoms with Crippen molar-refractivity contribution in [3.05, 3.63) is 69.2 Å². The number of rotatable bonds is 4. The Balaban J connectivity index is 1.82. The summed E-state index contributed by atoms with van der Waals surface area (Å²) < 4.78 is 0. The summed E-state index contributed by atoms with van der Waals surface area (Å²) in [5.74, 6) is 0. The lowest BCUT2D eigenvalue weighted by molar-refractivity contribution is -0.385. The number of hydrogen-bond donors (Lipinski definition) is 0. The normalized spacial score (nSPS) is 15.2. The maximum Gasteiger partial charge on any atom is 0.273 e. The topological polar surface area (TPSA) is 49.6 Å². The van der Waals surface area contributed by atoms with Gasteiger partial charge in [-0.1, -0.05) is 29.8 Å². The van der Waals surface area contributed by atoms with Crippen LogP contribution in [0.3, 0.4) is 0 Å². The summed E-state index contributed by atoms with van der Waals surface area (Å²) in [7, 11) is 0. The predicted octanol–water partition coefficient (Wildman–Crippen LogP) is 3.88. The van der Waals surface area contributed by atoms with Crippen molar-refractivity contribution in [2.75, 3.05) is 18.1 Å². The smallest absolute Gasteiger partial charge is 0.273 e. The van der Waals surface area contributed by atoms with Crippen molar-refractivity contribution in [1.29, 1.82) is 0 Å². The fourth-order valence-corrected chi connectivity index (χ4v) is 2.88. The Bertz CT molecular complexity index is 675. The third-order valence-corrected chi connectivity index (χ3v) is 4.05. The first-order chi connectivity index (χ1) is 10.6. The van der Waals surface area contributed by atoms with Gasteiger partial charge >= 0.3 is 0 Å². The molecule has 0 aromatic heterocycles. The van der Waals surface area contributed by atoms with E-state index in [1.807, 2.05) is 36.4 Å². The third-order valence-electron chi connectivity index (χ3n) is 3.79. The van der Waals surface area contributed by atoms with Crippen LogP contribution in [0.4, 0.5) is 11.4 Å². The number of benzene rings is 2. The molecule has 0 radical (unpaired) electrons. The van der Waals surface area contributed by atoms with Crippen molar-refractivity contribution in [3.63, 3.8) is 0 Å². The van der Waals surface area contributed by atoms with Gasteiger partial charge in [-0.05, 0) is 30.7 Å². The van der Waals surface area contributed by atoms with Gasteiger partial charge in [-0.2, -0.15) is 0 Å². The number of hydrazine groups is 1. The molecule has 22 heavy (non-hydrogen) atoms. The second-order valence-corrected chi connectivity index (χ2v) is 5.66. The van der Waals surface area contributed by atoms with Crippen LogP contribution in [0.25, 0.3) is 0 Å². The van der Waals surface area contributed by atoms with Crippen molar-refractivity contribution in [3.8, 4) is 0 Å². The quantitative estimate of drug-likeness (QED) is 0.634. The number of nitro benzene ring substituents is 1. The molecule has 5 nitrogen and oxygen atoms in total. The van der Waals surface area contributed by atoms with E-state index in [-0.39, 0.29) is 10.6 Å². The highest BCUT2D eigenvalue weighted by atomic mass is 35.5. The summed E-state index contributed by atoms with van der Waals surface area (Å²) >= 11 is 5.93. The van der Waals surface area contributed by atoms with Crippen LogP contribution >= 0.6 is 11.6 Å². The molecule has 0 amide bonds. The van der Waals surface area contributed by atoms with Gasteiger partial charge in [-0.15, -0.1) is 0 Å². The van der Waals surface area contributed by atoms with Gasteiger partial charge in [-0.25, -0.2) is 5.01 Å². The molecule has 0 unspecified atom stereocenters. The largest absolute Gasteiger partial charge is 0.305 e. The van der Waals surface area contributed by atoms with Crippen LogP contribution in [0.15, 0.2) is 48.5 Å². The fourth-order valence-electron chi connectivity index (χ4n) is 2.75. The number of anilines is 1. The minimum absolute atomic E-state index is 0.172. The molecule has 0 N–H and O–H groups in total. The van der Waals surface area contributed by atoms with Crippen molar-refractivity contribution in [1.82, 2.24) is 5.01 Å². The first kappa shape index (κ1) is 14.8. The zero-order valence-corrected chi connectivity index (χ0v) is 12.7. The van der Waals surface area contributed by atoms with E-state index in [4.69, 9.17) is 11.6 Å². The van der Waals surface area contributed by atoms with Crippen LogP contribution in [0.5, 0.6) is 0 Å². The standard InChI is InChI=1S/C16H16ClN3O2/c17-14-6-8-15(9-7-14)19-11-3-10-18(19)12-13-4-1-2-5-16(13)20(21)22/h1-2,4-9H,3,10-12H2. The van der Waals surface area contributed by atoms with Gasteiger partial charge in [0.15, 0.2) is 0 Å². The Morgan fingerprint density at radius 3 is 2.55 bits per heavy atom. The molecule has 0 aliphatic carbocycles. The highest BCUT2D eigenvalue weighted by Crippen LogP contribution is 2.27. The Labute approximate surface area is 133 Å². The molecule has 0 atom stereocenters. The second kappa shape index (κ2) is 6.34. The summed E-state index contributed by atoms with van der Waals surface area (Å²) in [5, 5.41) is 16.1. The molecule has 2 aromatic carbocycles. The summed E-state index contributed by atoms with van der Waals surface area (Å²) in [5.41, 5.74) is 1.96. The van der Waals surface area contributed by atoms with E-state index in [0.29, 0.717) is 11.6 Å². The lowest BCUT2D eigenvalue weighted by Crippen LogP contribution is -2.36. The molecule has 0 saturated carbocycles. The van der Waals surface area contributed by atoms with Crippen LogP contribution in [0, 0.1) is 10.1 Å². The van der Waals surface area contributed by atoms with E-state index < -0.39 is 0 Å². The molecule has 1 heterocycles. The molecule has 0 bridgehead atoms. The van der Waals surface area contributed by atoms with Crippen molar-refractivity contribution >= 4 is 23.0 Å². The average molecular weight is 318 g/mol. The lowest BCUT2D eigenvalue weighted by Gasteiger charge is -2.29. The van der Waals surface area contributed by atoms with Gasteiger partial charge in [0, 0.05) is 36.3 Å². The molecular weight excluding hydrogens is 302 g/mol. The van der Waals surface area contributed by atoms with Gasteiger partial charge in [0.25, 0.3) is 5.69 Å². The monoisotopic (exact) mass is 317 g/mol. The van der Waals surface area contributed by atoms with Gasteiger partial charge in [-0.3, -0.25) is 10.1 Å². The van der Waals surface area contributed by atoms with Gasteiger partial charge in [0.05, 0.1) is 10.6 Å². The van der Waals surface area contributed by atoms with Crippen LogP contribution in [-0.2, 0) is 6.54 Å². The SMILES string of the molecule is O=[N+]([O-])c1ccccc1CN1CCCN1c1ccc(Cl)cc1. The molecule has 2 aromatic rings. The van der Waals surface area contributed by atoms with Crippen LogP contribution in [0.2, 0.25) is 5.02 Å². The molecule has 3 rings (SSSR count). The van der Waals surface area contributed by atoms with Crippen molar-refractivity contribution < 1.29 is 4.92 Å². The molecular formula is C16H16ClN3O2. The van der Waals surface area contributed by atoms with E-state index in [9.17, 15) is 10.1 Å². The molecule has 0 spiro atoms. The van der Waals surface area contributed by atoms with Gasteiger partial charge < -0.3 is 5.01 Å². The zero-order valence-electron chi connectivity index (χ0n) is 12.0. The Morgan fingerprint density at radius 2 is 1.82 bits per heavy atom. The van der Waals surface area contributed by atoms with Crippen molar-refractivity contribution in [2.45, 2.75) is 13.0 Å². The predicted molar refractivity (Wildman–Crippen MR) is 86.9 cm³/mol.